The third-order valence-electron chi connectivity index (χ3n) is 3.40. The van der Waals surface area contributed by atoms with Crippen LogP contribution >= 0.6 is 0 Å². The fourth-order valence-electron chi connectivity index (χ4n) is 2.58. The number of amides is 1. The number of aliphatic carboxylic acids is 1. The van der Waals surface area contributed by atoms with Crippen molar-refractivity contribution in [1.82, 2.24) is 4.90 Å². The second kappa shape index (κ2) is 6.03. The topological polar surface area (TPSA) is 57.6 Å². The molecule has 1 fully saturated rings. The molecule has 1 saturated carbocycles. The van der Waals surface area contributed by atoms with Crippen LogP contribution in [0, 0.1) is 17.8 Å². The van der Waals surface area contributed by atoms with Crippen molar-refractivity contribution in [2.45, 2.75) is 40.0 Å². The van der Waals surface area contributed by atoms with E-state index in [1.54, 1.807) is 0 Å². The molecule has 0 aromatic carbocycles. The molecule has 0 aromatic rings. The van der Waals surface area contributed by atoms with Crippen LogP contribution in [0.1, 0.15) is 40.0 Å². The molecular formula is C13H23NO3. The smallest absolute Gasteiger partial charge is 0.323 e. The molecule has 17 heavy (non-hydrogen) atoms. The van der Waals surface area contributed by atoms with E-state index in [-0.39, 0.29) is 18.4 Å². The maximum Gasteiger partial charge on any atom is 0.323 e. The summed E-state index contributed by atoms with van der Waals surface area (Å²) in [6.07, 6.45) is 3.08. The Hall–Kier alpha value is -1.06. The van der Waals surface area contributed by atoms with Gasteiger partial charge < -0.3 is 10.0 Å². The van der Waals surface area contributed by atoms with Crippen LogP contribution in [0.25, 0.3) is 0 Å². The quantitative estimate of drug-likeness (QED) is 0.800. The first-order valence-electron chi connectivity index (χ1n) is 6.42. The van der Waals surface area contributed by atoms with Gasteiger partial charge in [-0.15, -0.1) is 0 Å². The van der Waals surface area contributed by atoms with E-state index in [2.05, 4.69) is 6.92 Å². The van der Waals surface area contributed by atoms with Gasteiger partial charge in [-0.3, -0.25) is 9.59 Å². The number of carboxylic acid groups (broad SMARTS) is 1. The zero-order valence-corrected chi connectivity index (χ0v) is 11.0. The van der Waals surface area contributed by atoms with Gasteiger partial charge in [0.2, 0.25) is 5.91 Å². The van der Waals surface area contributed by atoms with Gasteiger partial charge in [0.05, 0.1) is 0 Å². The molecule has 0 aliphatic heterocycles. The predicted molar refractivity (Wildman–Crippen MR) is 65.6 cm³/mol. The summed E-state index contributed by atoms with van der Waals surface area (Å²) in [5.41, 5.74) is 0. The highest BCUT2D eigenvalue weighted by atomic mass is 16.4. The van der Waals surface area contributed by atoms with Crippen LogP contribution in [0.3, 0.4) is 0 Å². The van der Waals surface area contributed by atoms with Crippen molar-refractivity contribution in [3.63, 3.8) is 0 Å². The Labute approximate surface area is 103 Å². The van der Waals surface area contributed by atoms with E-state index in [0.717, 1.165) is 19.3 Å². The summed E-state index contributed by atoms with van der Waals surface area (Å²) in [4.78, 5) is 24.6. The highest BCUT2D eigenvalue weighted by molar-refractivity contribution is 5.83. The molecule has 1 amide bonds. The van der Waals surface area contributed by atoms with Crippen LogP contribution in [-0.4, -0.2) is 35.0 Å². The van der Waals surface area contributed by atoms with Crippen molar-refractivity contribution in [3.05, 3.63) is 0 Å². The Balaban J connectivity index is 2.67. The fourth-order valence-corrected chi connectivity index (χ4v) is 2.58. The first kappa shape index (κ1) is 14.0. The van der Waals surface area contributed by atoms with E-state index < -0.39 is 5.97 Å². The number of carbonyl (C=O) groups is 2. The number of hydrogen-bond donors (Lipinski definition) is 1. The minimum atomic E-state index is -0.926. The molecule has 0 heterocycles. The van der Waals surface area contributed by atoms with Crippen molar-refractivity contribution in [2.24, 2.45) is 17.8 Å². The Morgan fingerprint density at radius 1 is 1.35 bits per heavy atom. The number of carboxylic acids is 1. The average molecular weight is 241 g/mol. The third-order valence-corrected chi connectivity index (χ3v) is 3.40. The van der Waals surface area contributed by atoms with E-state index in [9.17, 15) is 9.59 Å². The molecule has 0 bridgehead atoms. The van der Waals surface area contributed by atoms with E-state index in [0.29, 0.717) is 18.4 Å². The molecule has 1 rings (SSSR count). The first-order valence-corrected chi connectivity index (χ1v) is 6.42. The molecular weight excluding hydrogens is 218 g/mol. The monoisotopic (exact) mass is 241 g/mol. The number of carbonyl (C=O) groups excluding carboxylic acids is 1. The molecule has 1 aliphatic carbocycles. The van der Waals surface area contributed by atoms with Gasteiger partial charge in [-0.25, -0.2) is 0 Å². The van der Waals surface area contributed by atoms with Gasteiger partial charge in [0.25, 0.3) is 0 Å². The van der Waals surface area contributed by atoms with Crippen LogP contribution in [0.15, 0.2) is 0 Å². The minimum absolute atomic E-state index is 0.0334. The fraction of sp³-hybridized carbons (Fsp3) is 0.846. The molecule has 4 heteroatoms. The Morgan fingerprint density at radius 3 is 2.41 bits per heavy atom. The molecule has 2 unspecified atom stereocenters. The summed E-state index contributed by atoms with van der Waals surface area (Å²) in [6, 6.07) is 0. The van der Waals surface area contributed by atoms with Crippen LogP contribution in [0.4, 0.5) is 0 Å². The second-order valence-electron chi connectivity index (χ2n) is 5.52. The van der Waals surface area contributed by atoms with Crippen molar-refractivity contribution < 1.29 is 14.7 Å². The molecule has 4 nitrogen and oxygen atoms in total. The lowest BCUT2D eigenvalue weighted by Crippen LogP contribution is -2.42. The molecule has 0 aromatic heterocycles. The predicted octanol–water partition coefficient (Wildman–Crippen LogP) is 1.99. The molecule has 2 atom stereocenters. The average Bonchev–Trinajstić information content (AvgIpc) is 2.61. The first-order chi connectivity index (χ1) is 7.91. The molecule has 1 N–H and O–H groups in total. The molecule has 0 radical (unpaired) electrons. The van der Waals surface area contributed by atoms with E-state index in [1.807, 2.05) is 13.8 Å². The maximum absolute atomic E-state index is 12.3. The van der Waals surface area contributed by atoms with Crippen molar-refractivity contribution in [2.75, 3.05) is 13.1 Å². The zero-order valence-electron chi connectivity index (χ0n) is 11.0. The Kier molecular flexibility index (Phi) is 4.97. The van der Waals surface area contributed by atoms with Crippen LogP contribution in [0.5, 0.6) is 0 Å². The van der Waals surface area contributed by atoms with Crippen molar-refractivity contribution >= 4 is 11.9 Å². The summed E-state index contributed by atoms with van der Waals surface area (Å²) >= 11 is 0. The highest BCUT2D eigenvalue weighted by Gasteiger charge is 2.33. The van der Waals surface area contributed by atoms with Gasteiger partial charge >= 0.3 is 5.97 Å². The third kappa shape index (κ3) is 4.02. The van der Waals surface area contributed by atoms with Gasteiger partial charge in [0.1, 0.15) is 6.54 Å². The number of rotatable bonds is 5. The van der Waals surface area contributed by atoms with Crippen molar-refractivity contribution in [1.29, 1.82) is 0 Å². The van der Waals surface area contributed by atoms with Gasteiger partial charge in [-0.2, -0.15) is 0 Å². The molecule has 98 valence electrons. The van der Waals surface area contributed by atoms with Crippen LogP contribution in [-0.2, 0) is 9.59 Å². The molecule has 1 aliphatic rings. The van der Waals surface area contributed by atoms with Crippen molar-refractivity contribution in [3.8, 4) is 0 Å². The number of hydrogen-bond acceptors (Lipinski definition) is 2. The Morgan fingerprint density at radius 2 is 2.00 bits per heavy atom. The number of nitrogens with zero attached hydrogens (tertiary/aromatic N) is 1. The summed E-state index contributed by atoms with van der Waals surface area (Å²) in [7, 11) is 0. The Bertz CT molecular complexity index is 288. The lowest BCUT2D eigenvalue weighted by Gasteiger charge is -2.27. The lowest BCUT2D eigenvalue weighted by molar-refractivity contribution is -0.147. The zero-order chi connectivity index (χ0) is 13.0. The van der Waals surface area contributed by atoms with Crippen LogP contribution in [0.2, 0.25) is 0 Å². The van der Waals surface area contributed by atoms with E-state index in [1.165, 1.54) is 4.90 Å². The highest BCUT2D eigenvalue weighted by Crippen LogP contribution is 2.32. The normalized spacial score (nSPS) is 24.0. The van der Waals surface area contributed by atoms with Gasteiger partial charge in [0, 0.05) is 12.5 Å². The summed E-state index contributed by atoms with van der Waals surface area (Å²) in [5.74, 6) is -0.162. The second-order valence-corrected chi connectivity index (χ2v) is 5.52. The van der Waals surface area contributed by atoms with Crippen LogP contribution < -0.4 is 0 Å². The van der Waals surface area contributed by atoms with E-state index in [4.69, 9.17) is 5.11 Å². The van der Waals surface area contributed by atoms with Gasteiger partial charge in [-0.1, -0.05) is 27.2 Å². The SMILES string of the molecule is CC(C)CN(CC(=O)O)C(=O)C1CCCC1C. The lowest BCUT2D eigenvalue weighted by atomic mass is 9.96. The van der Waals surface area contributed by atoms with E-state index >= 15 is 0 Å². The summed E-state index contributed by atoms with van der Waals surface area (Å²) in [6.45, 7) is 6.46. The summed E-state index contributed by atoms with van der Waals surface area (Å²) < 4.78 is 0. The van der Waals surface area contributed by atoms with Gasteiger partial charge in [-0.05, 0) is 24.7 Å². The summed E-state index contributed by atoms with van der Waals surface area (Å²) in [5, 5.41) is 8.86. The minimum Gasteiger partial charge on any atom is -0.480 e. The largest absolute Gasteiger partial charge is 0.480 e. The van der Waals surface area contributed by atoms with Gasteiger partial charge in [0.15, 0.2) is 0 Å². The molecule has 0 saturated heterocycles. The maximum atomic E-state index is 12.3. The molecule has 0 spiro atoms. The standard InChI is InChI=1S/C13H23NO3/c1-9(2)7-14(8-12(15)16)13(17)11-6-4-5-10(11)3/h9-11H,4-8H2,1-3H3,(H,15,16).